The number of hydrogen-bond acceptors (Lipinski definition) is 5. The van der Waals surface area contributed by atoms with Gasteiger partial charge in [0.05, 0.1) is 25.7 Å². The van der Waals surface area contributed by atoms with E-state index in [1.165, 1.54) is 52.3 Å². The Morgan fingerprint density at radius 3 is 2.50 bits per heavy atom. The second-order valence-electron chi connectivity index (χ2n) is 7.13. The van der Waals surface area contributed by atoms with Gasteiger partial charge in [0.15, 0.2) is 11.5 Å². The number of hydrogen-bond donors (Lipinski definition) is 1. The van der Waals surface area contributed by atoms with Crippen LogP contribution >= 0.6 is 0 Å². The van der Waals surface area contributed by atoms with Gasteiger partial charge < -0.3 is 14.8 Å². The SMILES string of the molecule is COc1ccc(S(=O)(=O)N(C)CC(=O)N[C@@H]2C[C@H]3CC[C@H]2C3)cc1OC. The van der Waals surface area contributed by atoms with Gasteiger partial charge >= 0.3 is 0 Å². The van der Waals surface area contributed by atoms with E-state index in [1.807, 2.05) is 0 Å². The number of fused-ring (bicyclic) bond motifs is 2. The molecule has 0 aliphatic heterocycles. The minimum Gasteiger partial charge on any atom is -0.493 e. The molecule has 0 saturated heterocycles. The third kappa shape index (κ3) is 3.66. The number of benzene rings is 1. The van der Waals surface area contributed by atoms with Gasteiger partial charge in [0.1, 0.15) is 0 Å². The average Bonchev–Trinajstić information content (AvgIpc) is 3.23. The molecule has 2 fully saturated rings. The zero-order chi connectivity index (χ0) is 18.9. The fourth-order valence-corrected chi connectivity index (χ4v) is 5.26. The number of methoxy groups -OCH3 is 2. The van der Waals surface area contributed by atoms with Crippen LogP contribution in [0.5, 0.6) is 11.5 Å². The zero-order valence-corrected chi connectivity index (χ0v) is 16.2. The largest absolute Gasteiger partial charge is 0.493 e. The predicted octanol–water partition coefficient (Wildman–Crippen LogP) is 1.63. The maximum Gasteiger partial charge on any atom is 0.243 e. The third-order valence-corrected chi connectivity index (χ3v) is 7.31. The van der Waals surface area contributed by atoms with Crippen molar-refractivity contribution in [3.8, 4) is 11.5 Å². The van der Waals surface area contributed by atoms with Crippen molar-refractivity contribution in [1.82, 2.24) is 9.62 Å². The number of carbonyl (C=O) groups is 1. The van der Waals surface area contributed by atoms with Crippen molar-refractivity contribution >= 4 is 15.9 Å². The van der Waals surface area contributed by atoms with Crippen molar-refractivity contribution in [2.45, 2.75) is 36.6 Å². The molecular formula is C18H26N2O5S. The van der Waals surface area contributed by atoms with Crippen LogP contribution in [0.1, 0.15) is 25.7 Å². The lowest BCUT2D eigenvalue weighted by Crippen LogP contribution is -2.44. The van der Waals surface area contributed by atoms with E-state index in [0.717, 1.165) is 23.1 Å². The van der Waals surface area contributed by atoms with Gasteiger partial charge in [0.25, 0.3) is 0 Å². The number of carbonyl (C=O) groups excluding carboxylic acids is 1. The molecule has 0 spiro atoms. The first-order valence-electron chi connectivity index (χ1n) is 8.83. The molecule has 2 bridgehead atoms. The molecule has 1 aromatic carbocycles. The standard InChI is InChI=1S/C18H26N2O5S/c1-20(11-18(21)19-15-9-12-4-5-13(15)8-12)26(22,23)14-6-7-16(24-2)17(10-14)25-3/h6-7,10,12-13,15H,4-5,8-9,11H2,1-3H3,(H,19,21)/t12-,13-,15+/m0/s1. The molecule has 2 saturated carbocycles. The zero-order valence-electron chi connectivity index (χ0n) is 15.4. The summed E-state index contributed by atoms with van der Waals surface area (Å²) in [6.45, 7) is -0.204. The first-order valence-corrected chi connectivity index (χ1v) is 10.3. The minimum atomic E-state index is -3.80. The van der Waals surface area contributed by atoms with Crippen LogP contribution in [0.4, 0.5) is 0 Å². The van der Waals surface area contributed by atoms with Crippen molar-refractivity contribution in [3.63, 3.8) is 0 Å². The summed E-state index contributed by atoms with van der Waals surface area (Å²) >= 11 is 0. The molecular weight excluding hydrogens is 356 g/mol. The first kappa shape index (κ1) is 19.0. The molecule has 1 amide bonds. The molecule has 144 valence electrons. The Labute approximate surface area is 154 Å². The molecule has 1 aromatic rings. The van der Waals surface area contributed by atoms with Gasteiger partial charge in [0, 0.05) is 19.2 Å². The summed E-state index contributed by atoms with van der Waals surface area (Å²) in [4.78, 5) is 12.4. The number of rotatable bonds is 7. The van der Waals surface area contributed by atoms with Crippen LogP contribution in [-0.2, 0) is 14.8 Å². The maximum atomic E-state index is 12.7. The topological polar surface area (TPSA) is 84.9 Å². The lowest BCUT2D eigenvalue weighted by molar-refractivity contribution is -0.122. The van der Waals surface area contributed by atoms with Gasteiger partial charge in [-0.1, -0.05) is 6.42 Å². The fraction of sp³-hybridized carbons (Fsp3) is 0.611. The first-order chi connectivity index (χ1) is 12.3. The van der Waals surface area contributed by atoms with E-state index in [9.17, 15) is 13.2 Å². The summed E-state index contributed by atoms with van der Waals surface area (Å²) in [5.41, 5.74) is 0. The number of nitrogens with one attached hydrogen (secondary N) is 1. The van der Waals surface area contributed by atoms with Crippen molar-refractivity contribution in [2.24, 2.45) is 11.8 Å². The summed E-state index contributed by atoms with van der Waals surface area (Å²) in [6.07, 6.45) is 4.62. The van der Waals surface area contributed by atoms with E-state index >= 15 is 0 Å². The summed E-state index contributed by atoms with van der Waals surface area (Å²) in [5.74, 6) is 1.79. The van der Waals surface area contributed by atoms with Crippen LogP contribution in [0.2, 0.25) is 0 Å². The molecule has 0 unspecified atom stereocenters. The summed E-state index contributed by atoms with van der Waals surface area (Å²) in [6, 6.07) is 4.58. The summed E-state index contributed by atoms with van der Waals surface area (Å²) in [7, 11) is 0.540. The van der Waals surface area contributed by atoms with Gasteiger partial charge in [-0.3, -0.25) is 4.79 Å². The normalized spacial score (nSPS) is 24.7. The van der Waals surface area contributed by atoms with E-state index in [0.29, 0.717) is 17.4 Å². The van der Waals surface area contributed by atoms with Gasteiger partial charge in [-0.05, 0) is 43.2 Å². The van der Waals surface area contributed by atoms with Gasteiger partial charge in [-0.25, -0.2) is 8.42 Å². The lowest BCUT2D eigenvalue weighted by Gasteiger charge is -2.24. The minimum absolute atomic E-state index is 0.0605. The van der Waals surface area contributed by atoms with Gasteiger partial charge in [0.2, 0.25) is 15.9 Å². The molecule has 3 rings (SSSR count). The molecule has 7 nitrogen and oxygen atoms in total. The summed E-state index contributed by atoms with van der Waals surface area (Å²) < 4.78 is 36.9. The van der Waals surface area contributed by atoms with Crippen LogP contribution in [0.15, 0.2) is 23.1 Å². The van der Waals surface area contributed by atoms with E-state index in [1.54, 1.807) is 0 Å². The van der Waals surface area contributed by atoms with Crippen LogP contribution in [0, 0.1) is 11.8 Å². The van der Waals surface area contributed by atoms with Crippen molar-refractivity contribution in [3.05, 3.63) is 18.2 Å². The highest BCUT2D eigenvalue weighted by Crippen LogP contribution is 2.44. The monoisotopic (exact) mass is 382 g/mol. The Hall–Kier alpha value is -1.80. The Balaban J connectivity index is 1.66. The highest BCUT2D eigenvalue weighted by Gasteiger charge is 2.40. The number of ether oxygens (including phenoxy) is 2. The molecule has 2 aliphatic carbocycles. The van der Waals surface area contributed by atoms with E-state index < -0.39 is 10.0 Å². The Bertz CT molecular complexity index is 780. The Kier molecular flexibility index (Phi) is 5.43. The number of likely N-dealkylation sites (N-methyl/N-ethyl adjacent to an activating group) is 1. The fourth-order valence-electron chi connectivity index (χ4n) is 4.12. The van der Waals surface area contributed by atoms with E-state index in [4.69, 9.17) is 9.47 Å². The molecule has 1 N–H and O–H groups in total. The van der Waals surface area contributed by atoms with Crippen molar-refractivity contribution in [2.75, 3.05) is 27.8 Å². The number of nitrogens with zero attached hydrogens (tertiary/aromatic N) is 1. The van der Waals surface area contributed by atoms with E-state index in [-0.39, 0.29) is 23.4 Å². The van der Waals surface area contributed by atoms with Crippen LogP contribution in [0.3, 0.4) is 0 Å². The van der Waals surface area contributed by atoms with Gasteiger partial charge in [-0.15, -0.1) is 0 Å². The second-order valence-corrected chi connectivity index (χ2v) is 9.17. The molecule has 0 radical (unpaired) electrons. The van der Waals surface area contributed by atoms with Crippen LogP contribution in [0.25, 0.3) is 0 Å². The summed E-state index contributed by atoms with van der Waals surface area (Å²) in [5, 5.41) is 3.02. The second kappa shape index (κ2) is 7.44. The highest BCUT2D eigenvalue weighted by molar-refractivity contribution is 7.89. The highest BCUT2D eigenvalue weighted by atomic mass is 32.2. The number of amides is 1. The predicted molar refractivity (Wildman–Crippen MR) is 96.7 cm³/mol. The quantitative estimate of drug-likeness (QED) is 0.775. The third-order valence-electron chi connectivity index (χ3n) is 5.51. The molecule has 0 heterocycles. The average molecular weight is 382 g/mol. The van der Waals surface area contributed by atoms with Crippen molar-refractivity contribution < 1.29 is 22.7 Å². The van der Waals surface area contributed by atoms with E-state index in [2.05, 4.69) is 5.32 Å². The van der Waals surface area contributed by atoms with Crippen LogP contribution in [-0.4, -0.2) is 52.5 Å². The maximum absolute atomic E-state index is 12.7. The molecule has 0 aromatic heterocycles. The molecule has 26 heavy (non-hydrogen) atoms. The van der Waals surface area contributed by atoms with Crippen molar-refractivity contribution in [1.29, 1.82) is 0 Å². The lowest BCUT2D eigenvalue weighted by atomic mass is 9.95. The number of sulfonamides is 1. The smallest absolute Gasteiger partial charge is 0.243 e. The molecule has 2 aliphatic rings. The Morgan fingerprint density at radius 2 is 1.92 bits per heavy atom. The van der Waals surface area contributed by atoms with Gasteiger partial charge in [-0.2, -0.15) is 4.31 Å². The Morgan fingerprint density at radius 1 is 1.19 bits per heavy atom. The molecule has 3 atom stereocenters. The molecule has 8 heteroatoms. The van der Waals surface area contributed by atoms with Crippen LogP contribution < -0.4 is 14.8 Å².